The highest BCUT2D eigenvalue weighted by Crippen LogP contribution is 2.36. The highest BCUT2D eigenvalue weighted by molar-refractivity contribution is 5.91. The van der Waals surface area contributed by atoms with Crippen molar-refractivity contribution >= 4 is 5.97 Å². The molecule has 51 heavy (non-hydrogen) atoms. The fourth-order valence-electron chi connectivity index (χ4n) is 5.73. The van der Waals surface area contributed by atoms with Crippen LogP contribution in [0.25, 0.3) is 0 Å². The van der Waals surface area contributed by atoms with E-state index in [1.54, 1.807) is 91.9 Å². The third-order valence-electron chi connectivity index (χ3n) is 8.40. The highest BCUT2D eigenvalue weighted by atomic mass is 16.7. The third-order valence-corrected chi connectivity index (χ3v) is 8.40. The quantitative estimate of drug-likeness (QED) is 0.0982. The highest BCUT2D eigenvalue weighted by Gasteiger charge is 2.51. The van der Waals surface area contributed by atoms with Gasteiger partial charge in [-0.05, 0) is 55.5 Å². The SMILES string of the molecule is C[C@@H]1O[C@@H](OC[C@H]2O[C@@H](OC(=O)c3cc(O)c(O)c(O)c3)[C@H](Oc3ccccc3)[C@@H](O)[C@@H]2O)[C@H](Oc2ccccc2)[C@@H](O)[C@@H]1Oc1ccccc1. The summed E-state index contributed by atoms with van der Waals surface area (Å²) in [6.07, 6.45) is -13.0. The normalized spacial score (nSPS) is 29.1. The average Bonchev–Trinajstić information content (AvgIpc) is 3.14. The Bertz CT molecular complexity index is 1700. The lowest BCUT2D eigenvalue weighted by molar-refractivity contribution is -0.314. The number of carbonyl (C=O) groups excluding carboxylic acids is 1. The number of ether oxygens (including phenoxy) is 7. The molecular formula is C37H38O14. The minimum Gasteiger partial charge on any atom is -0.504 e. The first kappa shape index (κ1) is 35.7. The largest absolute Gasteiger partial charge is 0.504 e. The molecule has 2 aliphatic rings. The van der Waals surface area contributed by atoms with Gasteiger partial charge in [0.1, 0.15) is 41.7 Å². The van der Waals surface area contributed by atoms with Gasteiger partial charge in [0.25, 0.3) is 0 Å². The van der Waals surface area contributed by atoms with Crippen LogP contribution in [0.1, 0.15) is 17.3 Å². The maximum absolute atomic E-state index is 13.2. The number of aliphatic hydroxyl groups is 3. The third kappa shape index (κ3) is 8.28. The first-order valence-electron chi connectivity index (χ1n) is 16.2. The van der Waals surface area contributed by atoms with Gasteiger partial charge in [0.05, 0.1) is 18.3 Å². The summed E-state index contributed by atoms with van der Waals surface area (Å²) in [5, 5.41) is 63.6. The van der Waals surface area contributed by atoms with Gasteiger partial charge in [0, 0.05) is 0 Å². The zero-order valence-corrected chi connectivity index (χ0v) is 27.2. The monoisotopic (exact) mass is 706 g/mol. The van der Waals surface area contributed by atoms with Crippen LogP contribution < -0.4 is 14.2 Å². The van der Waals surface area contributed by atoms with Crippen molar-refractivity contribution in [3.05, 3.63) is 109 Å². The zero-order chi connectivity index (χ0) is 36.1. The van der Waals surface area contributed by atoms with E-state index in [2.05, 4.69) is 0 Å². The number of hydrogen-bond donors (Lipinski definition) is 6. The van der Waals surface area contributed by atoms with Crippen LogP contribution in [0.4, 0.5) is 0 Å². The van der Waals surface area contributed by atoms with Crippen LogP contribution in [0.15, 0.2) is 103 Å². The molecule has 4 aromatic rings. The zero-order valence-electron chi connectivity index (χ0n) is 27.2. The van der Waals surface area contributed by atoms with Gasteiger partial charge in [-0.3, -0.25) is 0 Å². The van der Waals surface area contributed by atoms with Crippen LogP contribution in [0.2, 0.25) is 0 Å². The molecule has 4 aromatic carbocycles. The van der Waals surface area contributed by atoms with Crippen LogP contribution in [0.5, 0.6) is 34.5 Å². The molecule has 2 heterocycles. The number of aromatic hydroxyl groups is 3. The Morgan fingerprint density at radius 1 is 0.627 bits per heavy atom. The number of phenolic OH excluding ortho intramolecular Hbond substituents is 3. The molecule has 0 aliphatic carbocycles. The minimum atomic E-state index is -1.69. The molecule has 0 spiro atoms. The molecule has 0 bridgehead atoms. The summed E-state index contributed by atoms with van der Waals surface area (Å²) < 4.78 is 41.8. The van der Waals surface area contributed by atoms with Crippen LogP contribution >= 0.6 is 0 Å². The molecule has 0 saturated carbocycles. The van der Waals surface area contributed by atoms with Gasteiger partial charge in [0.15, 0.2) is 41.9 Å². The summed E-state index contributed by atoms with van der Waals surface area (Å²) in [6, 6.07) is 27.6. The van der Waals surface area contributed by atoms with Gasteiger partial charge < -0.3 is 63.8 Å². The van der Waals surface area contributed by atoms with Gasteiger partial charge in [0.2, 0.25) is 6.29 Å². The summed E-state index contributed by atoms with van der Waals surface area (Å²) >= 11 is 0. The number of rotatable bonds is 11. The van der Waals surface area contributed by atoms with E-state index in [1.165, 1.54) is 0 Å². The molecule has 2 fully saturated rings. The lowest BCUT2D eigenvalue weighted by atomic mass is 9.98. The van der Waals surface area contributed by atoms with Crippen molar-refractivity contribution in [2.75, 3.05) is 6.61 Å². The van der Waals surface area contributed by atoms with E-state index in [-0.39, 0.29) is 11.3 Å². The predicted molar refractivity (Wildman–Crippen MR) is 176 cm³/mol. The first-order valence-corrected chi connectivity index (χ1v) is 16.2. The molecule has 2 saturated heterocycles. The summed E-state index contributed by atoms with van der Waals surface area (Å²) in [6.45, 7) is 1.25. The van der Waals surface area contributed by atoms with Gasteiger partial charge in [-0.15, -0.1) is 0 Å². The van der Waals surface area contributed by atoms with E-state index in [0.29, 0.717) is 11.5 Å². The Morgan fingerprint density at radius 2 is 1.10 bits per heavy atom. The van der Waals surface area contributed by atoms with Crippen molar-refractivity contribution < 1.29 is 68.6 Å². The Morgan fingerprint density at radius 3 is 1.61 bits per heavy atom. The number of para-hydroxylation sites is 3. The summed E-state index contributed by atoms with van der Waals surface area (Å²) in [5.74, 6) is -2.33. The maximum atomic E-state index is 13.2. The first-order chi connectivity index (χ1) is 24.6. The van der Waals surface area contributed by atoms with Crippen molar-refractivity contribution in [1.29, 1.82) is 0 Å². The van der Waals surface area contributed by atoms with Gasteiger partial charge >= 0.3 is 5.97 Å². The van der Waals surface area contributed by atoms with Crippen molar-refractivity contribution in [3.63, 3.8) is 0 Å². The molecule has 0 aromatic heterocycles. The summed E-state index contributed by atoms with van der Waals surface area (Å²) in [7, 11) is 0. The van der Waals surface area contributed by atoms with Crippen molar-refractivity contribution in [3.8, 4) is 34.5 Å². The molecule has 2 aliphatic heterocycles. The van der Waals surface area contributed by atoms with Crippen LogP contribution in [0, 0.1) is 0 Å². The lowest BCUT2D eigenvalue weighted by Gasteiger charge is -2.44. The molecule has 0 radical (unpaired) electrons. The lowest BCUT2D eigenvalue weighted by Crippen LogP contribution is -2.63. The number of hydrogen-bond acceptors (Lipinski definition) is 14. The predicted octanol–water partition coefficient (Wildman–Crippen LogP) is 2.87. The van der Waals surface area contributed by atoms with Gasteiger partial charge in [-0.1, -0.05) is 54.6 Å². The molecule has 0 unspecified atom stereocenters. The van der Waals surface area contributed by atoms with E-state index in [0.717, 1.165) is 12.1 Å². The number of aliphatic hydroxyl groups excluding tert-OH is 3. The fourth-order valence-corrected chi connectivity index (χ4v) is 5.73. The molecule has 270 valence electrons. The van der Waals surface area contributed by atoms with Crippen molar-refractivity contribution in [2.24, 2.45) is 0 Å². The maximum Gasteiger partial charge on any atom is 0.340 e. The Hall–Kier alpha value is -5.09. The summed E-state index contributed by atoms with van der Waals surface area (Å²) in [5.41, 5.74) is -0.356. The molecule has 0 amide bonds. The summed E-state index contributed by atoms with van der Waals surface area (Å²) in [4.78, 5) is 13.2. The molecule has 6 N–H and O–H groups in total. The second-order valence-corrected chi connectivity index (χ2v) is 12.0. The number of benzene rings is 4. The Labute approximate surface area is 292 Å². The van der Waals surface area contributed by atoms with Gasteiger partial charge in [-0.25, -0.2) is 4.79 Å². The van der Waals surface area contributed by atoms with Crippen LogP contribution in [-0.4, -0.2) is 105 Å². The van der Waals surface area contributed by atoms with E-state index in [9.17, 15) is 35.4 Å². The minimum absolute atomic E-state index is 0.264. The van der Waals surface area contributed by atoms with E-state index in [1.807, 2.05) is 6.07 Å². The Kier molecular flexibility index (Phi) is 11.1. The van der Waals surface area contributed by atoms with E-state index >= 15 is 0 Å². The molecule has 10 atom stereocenters. The molecule has 14 nitrogen and oxygen atoms in total. The fraction of sp³-hybridized carbons (Fsp3) is 0.324. The van der Waals surface area contributed by atoms with E-state index < -0.39 is 91.2 Å². The molecule has 6 rings (SSSR count). The molecule has 14 heteroatoms. The number of phenols is 3. The van der Waals surface area contributed by atoms with Gasteiger partial charge in [-0.2, -0.15) is 0 Å². The van der Waals surface area contributed by atoms with Crippen molar-refractivity contribution in [1.82, 2.24) is 0 Å². The Balaban J connectivity index is 1.21. The van der Waals surface area contributed by atoms with Crippen molar-refractivity contribution in [2.45, 2.75) is 68.3 Å². The second kappa shape index (κ2) is 15.9. The van der Waals surface area contributed by atoms with E-state index in [4.69, 9.17) is 33.2 Å². The number of carbonyl (C=O) groups is 1. The van der Waals surface area contributed by atoms with Crippen LogP contribution in [0.3, 0.4) is 0 Å². The number of esters is 1. The van der Waals surface area contributed by atoms with Crippen LogP contribution in [-0.2, 0) is 18.9 Å². The second-order valence-electron chi connectivity index (χ2n) is 12.0. The average molecular weight is 707 g/mol. The molecular weight excluding hydrogens is 668 g/mol. The smallest absolute Gasteiger partial charge is 0.340 e. The standard InChI is InChI=1S/C37H38O14/c1-20-32(47-22-11-5-2-6-12-22)31(43)34(49-24-15-9-4-10-16-24)36(46-20)45-19-27-29(41)30(42)33(48-23-13-7-3-8-14-23)37(50-27)51-35(44)21-17-25(38)28(40)26(39)18-21/h2-18,20,27,29-34,36-43H,19H2,1H3/t20-,27+,29+,30-,31-,32+,33+,34+,36+,37-/m0/s1. The topological polar surface area (TPSA) is 203 Å².